The van der Waals surface area contributed by atoms with Gasteiger partial charge in [-0.05, 0) is 45.4 Å². The van der Waals surface area contributed by atoms with Crippen molar-refractivity contribution in [3.63, 3.8) is 0 Å². The molecule has 2 rings (SSSR count). The van der Waals surface area contributed by atoms with Crippen LogP contribution < -0.4 is 5.32 Å². The van der Waals surface area contributed by atoms with E-state index in [2.05, 4.69) is 5.32 Å². The molecule has 1 atom stereocenters. The lowest BCUT2D eigenvalue weighted by atomic mass is 10.1. The lowest BCUT2D eigenvalue weighted by molar-refractivity contribution is -0.155. The van der Waals surface area contributed by atoms with E-state index >= 15 is 0 Å². The molecule has 0 fully saturated rings. The quantitative estimate of drug-likeness (QED) is 0.644. The SMILES string of the molecule is CC(C)N(C(=O)COC(=O)C(Cc1ccccc1)NC(=O)c1ccccc1)C(C)C. The van der Waals surface area contributed by atoms with Crippen molar-refractivity contribution in [3.05, 3.63) is 71.8 Å². The van der Waals surface area contributed by atoms with E-state index in [1.807, 2.05) is 64.1 Å². The molecular formula is C24H30N2O4. The Morgan fingerprint density at radius 2 is 1.40 bits per heavy atom. The topological polar surface area (TPSA) is 75.7 Å². The lowest BCUT2D eigenvalue weighted by Gasteiger charge is -2.30. The van der Waals surface area contributed by atoms with Crippen molar-refractivity contribution in [1.82, 2.24) is 10.2 Å². The fourth-order valence-corrected chi connectivity index (χ4v) is 3.35. The van der Waals surface area contributed by atoms with Crippen LogP contribution in [-0.4, -0.2) is 47.4 Å². The van der Waals surface area contributed by atoms with E-state index in [1.54, 1.807) is 29.2 Å². The minimum Gasteiger partial charge on any atom is -0.454 e. The zero-order valence-electron chi connectivity index (χ0n) is 18.0. The number of amides is 2. The smallest absolute Gasteiger partial charge is 0.329 e. The van der Waals surface area contributed by atoms with Crippen molar-refractivity contribution in [3.8, 4) is 0 Å². The van der Waals surface area contributed by atoms with Crippen LogP contribution in [0.2, 0.25) is 0 Å². The van der Waals surface area contributed by atoms with Gasteiger partial charge in [-0.25, -0.2) is 4.79 Å². The average Bonchev–Trinajstić information content (AvgIpc) is 2.72. The van der Waals surface area contributed by atoms with Crippen molar-refractivity contribution in [2.45, 2.75) is 52.2 Å². The molecule has 6 heteroatoms. The van der Waals surface area contributed by atoms with Gasteiger partial charge >= 0.3 is 5.97 Å². The predicted octanol–water partition coefficient (Wildman–Crippen LogP) is 3.22. The van der Waals surface area contributed by atoms with E-state index in [1.165, 1.54) is 0 Å². The summed E-state index contributed by atoms with van der Waals surface area (Å²) in [5.74, 6) is -1.27. The molecule has 0 radical (unpaired) electrons. The zero-order valence-corrected chi connectivity index (χ0v) is 18.0. The van der Waals surface area contributed by atoms with Crippen LogP contribution >= 0.6 is 0 Å². The minimum absolute atomic E-state index is 0.00546. The molecule has 1 unspecified atom stereocenters. The Bertz CT molecular complexity index is 827. The van der Waals surface area contributed by atoms with Crippen molar-refractivity contribution in [1.29, 1.82) is 0 Å². The normalized spacial score (nSPS) is 11.8. The van der Waals surface area contributed by atoms with Crippen molar-refractivity contribution >= 4 is 17.8 Å². The highest BCUT2D eigenvalue weighted by Crippen LogP contribution is 2.09. The summed E-state index contributed by atoms with van der Waals surface area (Å²) >= 11 is 0. The van der Waals surface area contributed by atoms with Gasteiger partial charge in [-0.2, -0.15) is 0 Å². The van der Waals surface area contributed by atoms with E-state index in [0.29, 0.717) is 5.56 Å². The second kappa shape index (κ2) is 11.1. The number of hydrogen-bond donors (Lipinski definition) is 1. The number of ether oxygens (including phenoxy) is 1. The van der Waals surface area contributed by atoms with Gasteiger partial charge in [0.2, 0.25) is 0 Å². The van der Waals surface area contributed by atoms with Crippen LogP contribution in [0.1, 0.15) is 43.6 Å². The van der Waals surface area contributed by atoms with E-state index in [4.69, 9.17) is 4.74 Å². The molecule has 160 valence electrons. The molecule has 0 spiro atoms. The molecule has 0 saturated carbocycles. The monoisotopic (exact) mass is 410 g/mol. The van der Waals surface area contributed by atoms with Crippen LogP contribution in [0.3, 0.4) is 0 Å². The molecule has 30 heavy (non-hydrogen) atoms. The van der Waals surface area contributed by atoms with Crippen molar-refractivity contribution in [2.75, 3.05) is 6.61 Å². The van der Waals surface area contributed by atoms with E-state index in [0.717, 1.165) is 5.56 Å². The van der Waals surface area contributed by atoms with E-state index in [9.17, 15) is 14.4 Å². The third-order valence-electron chi connectivity index (χ3n) is 4.65. The fourth-order valence-electron chi connectivity index (χ4n) is 3.35. The first-order valence-corrected chi connectivity index (χ1v) is 10.2. The molecule has 1 N–H and O–H groups in total. The first-order valence-electron chi connectivity index (χ1n) is 10.2. The van der Waals surface area contributed by atoms with Crippen LogP contribution in [0, 0.1) is 0 Å². The zero-order chi connectivity index (χ0) is 22.1. The van der Waals surface area contributed by atoms with Crippen molar-refractivity contribution in [2.24, 2.45) is 0 Å². The van der Waals surface area contributed by atoms with Gasteiger partial charge in [0.05, 0.1) is 0 Å². The molecule has 0 aliphatic heterocycles. The Labute approximate surface area is 178 Å². The van der Waals surface area contributed by atoms with Gasteiger partial charge in [0.1, 0.15) is 6.04 Å². The maximum absolute atomic E-state index is 12.8. The van der Waals surface area contributed by atoms with Crippen molar-refractivity contribution < 1.29 is 19.1 Å². The molecule has 0 aliphatic carbocycles. The third kappa shape index (κ3) is 6.72. The molecule has 2 amide bonds. The minimum atomic E-state index is -0.903. The highest BCUT2D eigenvalue weighted by molar-refractivity contribution is 5.97. The summed E-state index contributed by atoms with van der Waals surface area (Å²) in [7, 11) is 0. The fraction of sp³-hybridized carbons (Fsp3) is 0.375. The highest BCUT2D eigenvalue weighted by Gasteiger charge is 2.26. The molecule has 0 bridgehead atoms. The maximum Gasteiger partial charge on any atom is 0.329 e. The van der Waals surface area contributed by atoms with Gasteiger partial charge in [-0.3, -0.25) is 9.59 Å². The number of hydrogen-bond acceptors (Lipinski definition) is 4. The molecule has 6 nitrogen and oxygen atoms in total. The van der Waals surface area contributed by atoms with Gasteiger partial charge in [0, 0.05) is 24.1 Å². The summed E-state index contributed by atoms with van der Waals surface area (Å²) in [5, 5.41) is 2.74. The number of carbonyl (C=O) groups excluding carboxylic acids is 3. The lowest BCUT2D eigenvalue weighted by Crippen LogP contribution is -2.47. The Kier molecular flexibility index (Phi) is 8.59. The molecule has 0 aliphatic rings. The maximum atomic E-state index is 12.8. The highest BCUT2D eigenvalue weighted by atomic mass is 16.5. The average molecular weight is 411 g/mol. The third-order valence-corrected chi connectivity index (χ3v) is 4.65. The molecule has 0 heterocycles. The second-order valence-electron chi connectivity index (χ2n) is 7.68. The van der Waals surface area contributed by atoms with Gasteiger partial charge in [-0.15, -0.1) is 0 Å². The number of rotatable bonds is 9. The Morgan fingerprint density at radius 1 is 0.867 bits per heavy atom. The van der Waals surface area contributed by atoms with Gasteiger partial charge in [-0.1, -0.05) is 48.5 Å². The summed E-state index contributed by atoms with van der Waals surface area (Å²) in [6, 6.07) is 17.1. The summed E-state index contributed by atoms with van der Waals surface area (Å²) in [6.45, 7) is 7.30. The summed E-state index contributed by atoms with van der Waals surface area (Å²) in [4.78, 5) is 39.5. The Hall–Kier alpha value is -3.15. The number of benzene rings is 2. The summed E-state index contributed by atoms with van der Waals surface area (Å²) in [5.41, 5.74) is 1.33. The largest absolute Gasteiger partial charge is 0.454 e. The van der Waals surface area contributed by atoms with E-state index in [-0.39, 0.29) is 36.9 Å². The Balaban J connectivity index is 2.10. The van der Waals surface area contributed by atoms with E-state index < -0.39 is 12.0 Å². The molecule has 0 saturated heterocycles. The number of esters is 1. The van der Waals surface area contributed by atoms with Crippen LogP contribution in [0.4, 0.5) is 0 Å². The first kappa shape index (κ1) is 23.1. The molecular weight excluding hydrogens is 380 g/mol. The number of nitrogens with zero attached hydrogens (tertiary/aromatic N) is 1. The number of carbonyl (C=O) groups is 3. The number of nitrogens with one attached hydrogen (secondary N) is 1. The van der Waals surface area contributed by atoms with Gasteiger partial charge in [0.25, 0.3) is 11.8 Å². The molecule has 2 aromatic rings. The first-order chi connectivity index (χ1) is 14.3. The van der Waals surface area contributed by atoms with Crippen LogP contribution in [-0.2, 0) is 20.7 Å². The Morgan fingerprint density at radius 3 is 1.93 bits per heavy atom. The molecule has 2 aromatic carbocycles. The van der Waals surface area contributed by atoms with Crippen LogP contribution in [0.25, 0.3) is 0 Å². The molecule has 0 aromatic heterocycles. The van der Waals surface area contributed by atoms with Crippen LogP contribution in [0.15, 0.2) is 60.7 Å². The van der Waals surface area contributed by atoms with Crippen LogP contribution in [0.5, 0.6) is 0 Å². The standard InChI is InChI=1S/C24H30N2O4/c1-17(2)26(18(3)4)22(27)16-30-24(29)21(15-19-11-7-5-8-12-19)25-23(28)20-13-9-6-10-14-20/h5-14,17-18,21H,15-16H2,1-4H3,(H,25,28). The summed E-state index contributed by atoms with van der Waals surface area (Å²) in [6.07, 6.45) is 0.268. The second-order valence-corrected chi connectivity index (χ2v) is 7.68. The van der Waals surface area contributed by atoms with Gasteiger partial charge < -0.3 is 15.0 Å². The van der Waals surface area contributed by atoms with Gasteiger partial charge in [0.15, 0.2) is 6.61 Å². The predicted molar refractivity (Wildman–Crippen MR) is 116 cm³/mol. The summed E-state index contributed by atoms with van der Waals surface area (Å²) < 4.78 is 5.31.